The number of nitrogens with two attached hydrogens (primary N) is 1. The van der Waals surface area contributed by atoms with Crippen LogP contribution in [0.3, 0.4) is 0 Å². The molecule has 5 heterocycles. The Morgan fingerprint density at radius 3 is 2.73 bits per heavy atom. The number of hydrogen-bond donors (Lipinski definition) is 4. The lowest BCUT2D eigenvalue weighted by atomic mass is 10.0. The topological polar surface area (TPSA) is 121 Å². The number of pyridine rings is 2. The summed E-state index contributed by atoms with van der Waals surface area (Å²) in [5, 5.41) is 7.96. The summed E-state index contributed by atoms with van der Waals surface area (Å²) >= 11 is 0. The highest BCUT2D eigenvalue weighted by molar-refractivity contribution is 6.01. The van der Waals surface area contributed by atoms with Crippen molar-refractivity contribution >= 4 is 28.5 Å². The zero-order valence-corrected chi connectivity index (χ0v) is 19.1. The fourth-order valence-electron chi connectivity index (χ4n) is 4.58. The van der Waals surface area contributed by atoms with Crippen molar-refractivity contribution in [1.29, 1.82) is 0 Å². The molecule has 0 amide bonds. The predicted octanol–water partition coefficient (Wildman–Crippen LogP) is 3.10. The van der Waals surface area contributed by atoms with Gasteiger partial charge >= 0.3 is 0 Å². The fraction of sp³-hybridized carbons (Fsp3) is 0.333. The van der Waals surface area contributed by atoms with E-state index in [1.807, 2.05) is 25.3 Å². The van der Waals surface area contributed by atoms with Gasteiger partial charge in [0.25, 0.3) is 0 Å². The van der Waals surface area contributed by atoms with Crippen LogP contribution in [0.5, 0.6) is 0 Å². The Morgan fingerprint density at radius 2 is 1.91 bits per heavy atom. The average Bonchev–Trinajstić information content (AvgIpc) is 3.24. The van der Waals surface area contributed by atoms with E-state index in [4.69, 9.17) is 10.7 Å². The number of H-pyrrole nitrogens is 1. The number of nitrogens with zero attached hydrogens (tertiary/aromatic N) is 5. The third-order valence-corrected chi connectivity index (χ3v) is 6.11. The monoisotopic (exact) mass is 443 g/mol. The lowest BCUT2D eigenvalue weighted by Crippen LogP contribution is -2.54. The molecule has 1 aliphatic heterocycles. The standard InChI is InChI=1S/C24H29N9/c1-14-11-33(12-15(2)31-14)20-6-4-5-17(32-20)9-27-23-21-19(10-28-24(21)30-13-29-23)18-7-8-26-22(25)16(18)3/h4-8,10,13-15,31H,9,11-12H2,1-3H3,(H2,25,26)(H2,27,28,29,30)/t14-,15+. The molecule has 5 N–H and O–H groups in total. The van der Waals surface area contributed by atoms with Gasteiger partial charge in [-0.05, 0) is 50.1 Å². The van der Waals surface area contributed by atoms with Gasteiger partial charge in [-0.1, -0.05) is 6.07 Å². The number of piperazine rings is 1. The van der Waals surface area contributed by atoms with Crippen LogP contribution in [0, 0.1) is 6.92 Å². The summed E-state index contributed by atoms with van der Waals surface area (Å²) in [6.45, 7) is 8.84. The molecule has 0 aromatic carbocycles. The van der Waals surface area contributed by atoms with Crippen molar-refractivity contribution in [1.82, 2.24) is 30.2 Å². The van der Waals surface area contributed by atoms with Crippen molar-refractivity contribution in [2.24, 2.45) is 0 Å². The molecule has 1 aliphatic rings. The van der Waals surface area contributed by atoms with E-state index in [1.54, 1.807) is 12.5 Å². The molecule has 0 radical (unpaired) electrons. The highest BCUT2D eigenvalue weighted by Gasteiger charge is 2.22. The second-order valence-corrected chi connectivity index (χ2v) is 8.73. The van der Waals surface area contributed by atoms with E-state index in [1.165, 1.54) is 0 Å². The van der Waals surface area contributed by atoms with E-state index in [9.17, 15) is 0 Å². The van der Waals surface area contributed by atoms with Crippen LogP contribution < -0.4 is 21.3 Å². The largest absolute Gasteiger partial charge is 0.383 e. The third-order valence-electron chi connectivity index (χ3n) is 6.11. The normalized spacial score (nSPS) is 18.6. The summed E-state index contributed by atoms with van der Waals surface area (Å²) in [5.41, 5.74) is 10.7. The van der Waals surface area contributed by atoms with Crippen molar-refractivity contribution in [3.05, 3.63) is 54.2 Å². The fourth-order valence-corrected chi connectivity index (χ4v) is 4.58. The Hall–Kier alpha value is -3.72. The number of anilines is 3. The molecule has 170 valence electrons. The number of rotatable bonds is 5. The van der Waals surface area contributed by atoms with E-state index < -0.39 is 0 Å². The molecule has 4 aromatic rings. The molecular formula is C24H29N9. The van der Waals surface area contributed by atoms with E-state index in [0.29, 0.717) is 24.4 Å². The first-order chi connectivity index (χ1) is 16.0. The smallest absolute Gasteiger partial charge is 0.143 e. The Bertz CT molecular complexity index is 1270. The van der Waals surface area contributed by atoms with E-state index in [-0.39, 0.29) is 0 Å². The lowest BCUT2D eigenvalue weighted by Gasteiger charge is -2.37. The molecule has 4 aromatic heterocycles. The first-order valence-corrected chi connectivity index (χ1v) is 11.2. The van der Waals surface area contributed by atoms with Gasteiger partial charge in [-0.25, -0.2) is 19.9 Å². The molecular weight excluding hydrogens is 414 g/mol. The van der Waals surface area contributed by atoms with Crippen molar-refractivity contribution in [3.8, 4) is 11.1 Å². The molecule has 1 saturated heterocycles. The minimum Gasteiger partial charge on any atom is -0.383 e. The van der Waals surface area contributed by atoms with Gasteiger partial charge in [0.2, 0.25) is 0 Å². The van der Waals surface area contributed by atoms with Crippen LogP contribution in [-0.4, -0.2) is 50.1 Å². The number of hydrogen-bond acceptors (Lipinski definition) is 8. The molecule has 33 heavy (non-hydrogen) atoms. The summed E-state index contributed by atoms with van der Waals surface area (Å²) in [6.07, 6.45) is 5.23. The zero-order valence-electron chi connectivity index (χ0n) is 19.1. The van der Waals surface area contributed by atoms with E-state index in [2.05, 4.69) is 61.4 Å². The summed E-state index contributed by atoms with van der Waals surface area (Å²) < 4.78 is 0. The van der Waals surface area contributed by atoms with Gasteiger partial charge in [-0.3, -0.25) is 0 Å². The number of nitrogens with one attached hydrogen (secondary N) is 3. The maximum Gasteiger partial charge on any atom is 0.143 e. The summed E-state index contributed by atoms with van der Waals surface area (Å²) in [7, 11) is 0. The van der Waals surface area contributed by atoms with Crippen LogP contribution in [0.1, 0.15) is 25.1 Å². The summed E-state index contributed by atoms with van der Waals surface area (Å²) in [6, 6.07) is 9.02. The Kier molecular flexibility index (Phi) is 5.55. The first-order valence-electron chi connectivity index (χ1n) is 11.2. The summed E-state index contributed by atoms with van der Waals surface area (Å²) in [4.78, 5) is 23.6. The Morgan fingerprint density at radius 1 is 1.09 bits per heavy atom. The van der Waals surface area contributed by atoms with E-state index in [0.717, 1.165) is 58.1 Å². The maximum absolute atomic E-state index is 6.05. The van der Waals surface area contributed by atoms with Gasteiger partial charge in [-0.2, -0.15) is 0 Å². The van der Waals surface area contributed by atoms with Crippen LogP contribution in [0.15, 0.2) is 43.0 Å². The molecule has 5 rings (SSSR count). The zero-order chi connectivity index (χ0) is 22.9. The first kappa shape index (κ1) is 21.1. The molecule has 2 atom stereocenters. The van der Waals surface area contributed by atoms with E-state index >= 15 is 0 Å². The van der Waals surface area contributed by atoms with Gasteiger partial charge in [0.15, 0.2) is 0 Å². The third kappa shape index (κ3) is 4.19. The van der Waals surface area contributed by atoms with Gasteiger partial charge in [0.1, 0.15) is 29.4 Å². The molecule has 0 aliphatic carbocycles. The van der Waals surface area contributed by atoms with Crippen LogP contribution >= 0.6 is 0 Å². The van der Waals surface area contributed by atoms with Crippen molar-refractivity contribution in [2.75, 3.05) is 29.0 Å². The molecule has 0 unspecified atom stereocenters. The van der Waals surface area contributed by atoms with Crippen molar-refractivity contribution < 1.29 is 0 Å². The number of fused-ring (bicyclic) bond motifs is 1. The lowest BCUT2D eigenvalue weighted by molar-refractivity contribution is 0.405. The minimum absolute atomic E-state index is 0.435. The van der Waals surface area contributed by atoms with Crippen LogP contribution in [-0.2, 0) is 6.54 Å². The highest BCUT2D eigenvalue weighted by Crippen LogP contribution is 2.34. The second-order valence-electron chi connectivity index (χ2n) is 8.73. The van der Waals surface area contributed by atoms with Crippen LogP contribution in [0.4, 0.5) is 17.5 Å². The predicted molar refractivity (Wildman–Crippen MR) is 132 cm³/mol. The number of nitrogen functional groups attached to an aromatic ring is 1. The molecule has 0 spiro atoms. The second kappa shape index (κ2) is 8.67. The average molecular weight is 444 g/mol. The maximum atomic E-state index is 6.05. The molecule has 9 heteroatoms. The Labute approximate surface area is 192 Å². The molecule has 9 nitrogen and oxygen atoms in total. The number of aromatic nitrogens is 5. The van der Waals surface area contributed by atoms with Gasteiger partial charge in [-0.15, -0.1) is 0 Å². The molecule has 0 saturated carbocycles. The SMILES string of the molecule is Cc1c(-c2c[nH]c3ncnc(NCc4cccc(N5C[C@@H](C)N[C@@H](C)C5)n4)c23)ccnc1N. The van der Waals surface area contributed by atoms with Crippen molar-refractivity contribution in [2.45, 2.75) is 39.4 Å². The van der Waals surface area contributed by atoms with Crippen LogP contribution in [0.2, 0.25) is 0 Å². The molecule has 0 bridgehead atoms. The van der Waals surface area contributed by atoms with Crippen molar-refractivity contribution in [3.63, 3.8) is 0 Å². The summed E-state index contributed by atoms with van der Waals surface area (Å²) in [5.74, 6) is 2.28. The quantitative estimate of drug-likeness (QED) is 0.371. The van der Waals surface area contributed by atoms with Gasteiger partial charge < -0.3 is 26.3 Å². The minimum atomic E-state index is 0.435. The van der Waals surface area contributed by atoms with Gasteiger partial charge in [0, 0.05) is 43.1 Å². The van der Waals surface area contributed by atoms with Gasteiger partial charge in [0.05, 0.1) is 17.6 Å². The number of aromatic amines is 1. The van der Waals surface area contributed by atoms with Crippen LogP contribution in [0.25, 0.3) is 22.2 Å². The highest BCUT2D eigenvalue weighted by atomic mass is 15.3. The Balaban J connectivity index is 1.42. The molecule has 1 fully saturated rings.